The maximum absolute atomic E-state index is 5.25. The topological polar surface area (TPSA) is 25.8 Å². The molecular weight excluding hydrogens is 689 g/mol. The summed E-state index contributed by atoms with van der Waals surface area (Å²) < 4.78 is 0. The summed E-state index contributed by atoms with van der Waals surface area (Å²) in [7, 11) is 0. The van der Waals surface area contributed by atoms with Crippen LogP contribution in [0, 0.1) is 0 Å². The van der Waals surface area contributed by atoms with Gasteiger partial charge in [0.15, 0.2) is 5.82 Å². The second-order valence-corrected chi connectivity index (χ2v) is 14.8. The third-order valence-electron chi connectivity index (χ3n) is 11.8. The minimum Gasteiger partial charge on any atom is -0.228 e. The highest BCUT2D eigenvalue weighted by atomic mass is 14.9. The lowest BCUT2D eigenvalue weighted by Gasteiger charge is -2.34. The number of hydrogen-bond acceptors (Lipinski definition) is 2. The van der Waals surface area contributed by atoms with Crippen LogP contribution in [0.4, 0.5) is 0 Å². The molecule has 0 radical (unpaired) electrons. The number of fused-ring (bicyclic) bond motifs is 6. The third kappa shape index (κ3) is 5.18. The molecule has 0 bridgehead atoms. The van der Waals surface area contributed by atoms with Gasteiger partial charge in [0.05, 0.1) is 16.8 Å². The van der Waals surface area contributed by atoms with Gasteiger partial charge in [0.1, 0.15) is 0 Å². The Kier molecular flexibility index (Phi) is 7.75. The van der Waals surface area contributed by atoms with Gasteiger partial charge in [-0.25, -0.2) is 9.97 Å². The van der Waals surface area contributed by atoms with E-state index in [9.17, 15) is 0 Å². The number of hydrogen-bond donors (Lipinski definition) is 0. The van der Waals surface area contributed by atoms with E-state index in [0.717, 1.165) is 33.5 Å². The van der Waals surface area contributed by atoms with Gasteiger partial charge in [0.2, 0.25) is 0 Å². The Labute approximate surface area is 332 Å². The van der Waals surface area contributed by atoms with Gasteiger partial charge in [-0.3, -0.25) is 0 Å². The Bertz CT molecular complexity index is 3000. The number of rotatable bonds is 6. The van der Waals surface area contributed by atoms with Crippen LogP contribution in [0.15, 0.2) is 218 Å². The van der Waals surface area contributed by atoms with E-state index in [2.05, 4.69) is 194 Å². The van der Waals surface area contributed by atoms with Crippen LogP contribution in [-0.2, 0) is 5.41 Å². The zero-order valence-electron chi connectivity index (χ0n) is 31.2. The molecule has 2 heteroatoms. The molecule has 11 rings (SSSR count). The van der Waals surface area contributed by atoms with Crippen molar-refractivity contribution < 1.29 is 0 Å². The molecule has 0 amide bonds. The van der Waals surface area contributed by atoms with Crippen LogP contribution in [0.2, 0.25) is 0 Å². The zero-order chi connectivity index (χ0) is 37.8. The Morgan fingerprint density at radius 1 is 0.316 bits per heavy atom. The van der Waals surface area contributed by atoms with Crippen LogP contribution in [0.25, 0.3) is 77.7 Å². The first-order chi connectivity index (χ1) is 28.3. The Morgan fingerprint density at radius 3 is 1.53 bits per heavy atom. The molecule has 2 nitrogen and oxygen atoms in total. The Hall–Kier alpha value is -7.42. The van der Waals surface area contributed by atoms with E-state index in [1.165, 1.54) is 60.7 Å². The molecule has 10 aromatic rings. The quantitative estimate of drug-likeness (QED) is 0.171. The van der Waals surface area contributed by atoms with Crippen molar-refractivity contribution in [3.05, 3.63) is 241 Å². The second kappa shape index (κ2) is 13.4. The van der Waals surface area contributed by atoms with Crippen molar-refractivity contribution in [1.29, 1.82) is 0 Å². The molecule has 0 aliphatic heterocycles. The summed E-state index contributed by atoms with van der Waals surface area (Å²) in [4.78, 5) is 10.3. The van der Waals surface area contributed by atoms with Crippen molar-refractivity contribution in [3.8, 4) is 56.2 Å². The summed E-state index contributed by atoms with van der Waals surface area (Å²) in [6.07, 6.45) is 0. The third-order valence-corrected chi connectivity index (χ3v) is 11.8. The van der Waals surface area contributed by atoms with E-state index in [4.69, 9.17) is 9.97 Å². The van der Waals surface area contributed by atoms with Gasteiger partial charge in [0.25, 0.3) is 0 Å². The van der Waals surface area contributed by atoms with Gasteiger partial charge in [-0.15, -0.1) is 0 Å². The summed E-state index contributed by atoms with van der Waals surface area (Å²) in [5.74, 6) is 0.711. The second-order valence-electron chi connectivity index (χ2n) is 14.8. The molecule has 57 heavy (non-hydrogen) atoms. The van der Waals surface area contributed by atoms with Gasteiger partial charge >= 0.3 is 0 Å². The zero-order valence-corrected chi connectivity index (χ0v) is 31.2. The molecule has 9 aromatic carbocycles. The highest BCUT2D eigenvalue weighted by Gasteiger charge is 2.47. The molecule has 0 atom stereocenters. The monoisotopic (exact) mass is 724 g/mol. The standard InChI is InChI=1S/C55H36N2/c1-5-19-38(20-6-1)50-36-51(57-54(56-50)39-21-7-2-8-22-39)46-34-33-45(43-28-15-16-29-44(43)46)47-30-17-31-48-53(47)52-42-27-14-13-18-37(42)32-35-49(52)55(48,40-23-9-3-10-24-40)41-25-11-4-12-26-41/h1-36H. The van der Waals surface area contributed by atoms with Gasteiger partial charge in [-0.05, 0) is 72.1 Å². The van der Waals surface area contributed by atoms with Gasteiger partial charge in [-0.1, -0.05) is 212 Å². The molecule has 0 saturated heterocycles. The smallest absolute Gasteiger partial charge is 0.160 e. The van der Waals surface area contributed by atoms with E-state index in [-0.39, 0.29) is 0 Å². The van der Waals surface area contributed by atoms with Crippen molar-refractivity contribution in [3.63, 3.8) is 0 Å². The molecule has 1 aliphatic rings. The maximum atomic E-state index is 5.25. The molecule has 0 N–H and O–H groups in total. The summed E-state index contributed by atoms with van der Waals surface area (Å²) in [5, 5.41) is 4.84. The molecule has 0 unspecified atom stereocenters. The lowest BCUT2D eigenvalue weighted by molar-refractivity contribution is 0.769. The van der Waals surface area contributed by atoms with Gasteiger partial charge in [-0.2, -0.15) is 0 Å². The number of aromatic nitrogens is 2. The van der Waals surface area contributed by atoms with Gasteiger partial charge in [0, 0.05) is 16.7 Å². The summed E-state index contributed by atoms with van der Waals surface area (Å²) in [6.45, 7) is 0. The first kappa shape index (κ1) is 33.0. The first-order valence-electron chi connectivity index (χ1n) is 19.6. The summed E-state index contributed by atoms with van der Waals surface area (Å²) in [5.41, 5.74) is 14.5. The highest BCUT2D eigenvalue weighted by Crippen LogP contribution is 2.60. The number of nitrogens with zero attached hydrogens (tertiary/aromatic N) is 2. The van der Waals surface area contributed by atoms with Crippen LogP contribution in [0.5, 0.6) is 0 Å². The molecule has 0 spiro atoms. The number of benzene rings is 9. The summed E-state index contributed by atoms with van der Waals surface area (Å²) >= 11 is 0. The lowest BCUT2D eigenvalue weighted by Crippen LogP contribution is -2.28. The van der Waals surface area contributed by atoms with Crippen LogP contribution in [0.1, 0.15) is 22.3 Å². The molecule has 1 heterocycles. The minimum absolute atomic E-state index is 0.508. The largest absolute Gasteiger partial charge is 0.228 e. The highest BCUT2D eigenvalue weighted by molar-refractivity contribution is 6.12. The molecule has 0 fully saturated rings. The van der Waals surface area contributed by atoms with Crippen molar-refractivity contribution >= 4 is 21.5 Å². The average molecular weight is 725 g/mol. The normalized spacial score (nSPS) is 12.7. The molecule has 0 saturated carbocycles. The lowest BCUT2D eigenvalue weighted by atomic mass is 9.67. The van der Waals surface area contributed by atoms with Crippen LogP contribution in [0.3, 0.4) is 0 Å². The fraction of sp³-hybridized carbons (Fsp3) is 0.0182. The molecule has 1 aromatic heterocycles. The Morgan fingerprint density at radius 2 is 0.842 bits per heavy atom. The van der Waals surface area contributed by atoms with E-state index in [1.807, 2.05) is 24.3 Å². The summed E-state index contributed by atoms with van der Waals surface area (Å²) in [6, 6.07) is 78.8. The maximum Gasteiger partial charge on any atom is 0.160 e. The fourth-order valence-corrected chi connectivity index (χ4v) is 9.34. The fourth-order valence-electron chi connectivity index (χ4n) is 9.34. The van der Waals surface area contributed by atoms with Crippen molar-refractivity contribution in [2.75, 3.05) is 0 Å². The van der Waals surface area contributed by atoms with Crippen molar-refractivity contribution in [2.45, 2.75) is 5.41 Å². The van der Waals surface area contributed by atoms with E-state index in [0.29, 0.717) is 5.82 Å². The predicted octanol–water partition coefficient (Wildman–Crippen LogP) is 13.8. The molecular formula is C55H36N2. The van der Waals surface area contributed by atoms with E-state index in [1.54, 1.807) is 0 Å². The van der Waals surface area contributed by atoms with Crippen LogP contribution < -0.4 is 0 Å². The van der Waals surface area contributed by atoms with E-state index < -0.39 is 5.41 Å². The molecule has 266 valence electrons. The van der Waals surface area contributed by atoms with Crippen molar-refractivity contribution in [1.82, 2.24) is 9.97 Å². The van der Waals surface area contributed by atoms with Gasteiger partial charge < -0.3 is 0 Å². The predicted molar refractivity (Wildman–Crippen MR) is 236 cm³/mol. The Balaban J connectivity index is 1.19. The molecule has 1 aliphatic carbocycles. The van der Waals surface area contributed by atoms with Crippen molar-refractivity contribution in [2.24, 2.45) is 0 Å². The van der Waals surface area contributed by atoms with E-state index >= 15 is 0 Å². The van der Waals surface area contributed by atoms with Crippen LogP contribution in [-0.4, -0.2) is 9.97 Å². The minimum atomic E-state index is -0.508. The van der Waals surface area contributed by atoms with Crippen LogP contribution >= 0.6 is 0 Å². The average Bonchev–Trinajstić information content (AvgIpc) is 3.61. The SMILES string of the molecule is c1ccc(-c2cc(-c3ccc(-c4cccc5c4-c4c(ccc6ccccc46)C5(c4ccccc4)c4ccccc4)c4ccccc34)nc(-c3ccccc3)n2)cc1. The first-order valence-corrected chi connectivity index (χ1v) is 19.6.